The summed E-state index contributed by atoms with van der Waals surface area (Å²) in [5.74, 6) is 1.60. The number of benzene rings is 2. The standard InChI is InChI=1S/C26H31ClN4O4/c1-4-6-21-24(17-7-9-18(27)10-8-17)31(26(33)30-14-13-28-23(32)16-30)25(29-21)20-12-11-19(34-3)15-22(20)35-5-2/h7-12,15,21,24H,4-6,13-14,16H2,1-3H3,(H,28,32)/t21-,24+/m1/s1. The van der Waals surface area contributed by atoms with Crippen LogP contribution in [0.4, 0.5) is 4.79 Å². The van der Waals surface area contributed by atoms with Crippen molar-refractivity contribution in [3.05, 3.63) is 58.6 Å². The van der Waals surface area contributed by atoms with Crippen molar-refractivity contribution in [2.75, 3.05) is 33.4 Å². The molecule has 1 N–H and O–H groups in total. The number of ether oxygens (including phenoxy) is 2. The third-order valence-electron chi connectivity index (χ3n) is 6.20. The predicted molar refractivity (Wildman–Crippen MR) is 135 cm³/mol. The molecular weight excluding hydrogens is 468 g/mol. The van der Waals surface area contributed by atoms with Gasteiger partial charge < -0.3 is 19.7 Å². The van der Waals surface area contributed by atoms with E-state index in [1.807, 2.05) is 49.4 Å². The van der Waals surface area contributed by atoms with Gasteiger partial charge in [-0.15, -0.1) is 0 Å². The van der Waals surface area contributed by atoms with Crippen molar-refractivity contribution >= 4 is 29.4 Å². The van der Waals surface area contributed by atoms with Crippen molar-refractivity contribution in [3.63, 3.8) is 0 Å². The van der Waals surface area contributed by atoms with Crippen LogP contribution in [0.25, 0.3) is 0 Å². The fourth-order valence-corrected chi connectivity index (χ4v) is 4.72. The number of hydrogen-bond acceptors (Lipinski definition) is 5. The van der Waals surface area contributed by atoms with E-state index < -0.39 is 0 Å². The maximum atomic E-state index is 14.0. The summed E-state index contributed by atoms with van der Waals surface area (Å²) < 4.78 is 11.3. The van der Waals surface area contributed by atoms with Gasteiger partial charge in [0.15, 0.2) is 0 Å². The second-order valence-corrected chi connectivity index (χ2v) is 8.96. The zero-order valence-corrected chi connectivity index (χ0v) is 21.0. The van der Waals surface area contributed by atoms with Crippen molar-refractivity contribution < 1.29 is 19.1 Å². The van der Waals surface area contributed by atoms with Gasteiger partial charge in [-0.25, -0.2) is 4.79 Å². The van der Waals surface area contributed by atoms with Gasteiger partial charge in [0.25, 0.3) is 0 Å². The zero-order valence-electron chi connectivity index (χ0n) is 20.3. The molecular formula is C26H31ClN4O4. The third kappa shape index (κ3) is 5.22. The molecule has 3 amide bonds. The average molecular weight is 499 g/mol. The summed E-state index contributed by atoms with van der Waals surface area (Å²) >= 11 is 6.17. The molecule has 8 nitrogen and oxygen atoms in total. The van der Waals surface area contributed by atoms with Crippen LogP contribution >= 0.6 is 11.6 Å². The fourth-order valence-electron chi connectivity index (χ4n) is 4.60. The number of nitrogens with zero attached hydrogens (tertiary/aromatic N) is 3. The number of aliphatic imine (C=N–C) groups is 1. The largest absolute Gasteiger partial charge is 0.497 e. The molecule has 0 radical (unpaired) electrons. The van der Waals surface area contributed by atoms with E-state index in [0.717, 1.165) is 18.4 Å². The number of carbonyl (C=O) groups is 2. The van der Waals surface area contributed by atoms with Crippen LogP contribution < -0.4 is 14.8 Å². The summed E-state index contributed by atoms with van der Waals surface area (Å²) in [4.78, 5) is 34.5. The second kappa shape index (κ2) is 11.0. The molecule has 0 aliphatic carbocycles. The Balaban J connectivity index is 1.84. The highest BCUT2D eigenvalue weighted by Crippen LogP contribution is 2.40. The number of amides is 3. The van der Waals surface area contributed by atoms with E-state index >= 15 is 0 Å². The monoisotopic (exact) mass is 498 g/mol. The van der Waals surface area contributed by atoms with E-state index in [2.05, 4.69) is 12.2 Å². The molecule has 0 unspecified atom stereocenters. The molecule has 2 heterocycles. The summed E-state index contributed by atoms with van der Waals surface area (Å²) in [5.41, 5.74) is 1.65. The lowest BCUT2D eigenvalue weighted by atomic mass is 9.96. The molecule has 4 rings (SSSR count). The average Bonchev–Trinajstić information content (AvgIpc) is 3.23. The highest BCUT2D eigenvalue weighted by molar-refractivity contribution is 6.30. The Hall–Kier alpha value is -3.26. The first-order valence-corrected chi connectivity index (χ1v) is 12.3. The zero-order chi connectivity index (χ0) is 24.9. The van der Waals surface area contributed by atoms with E-state index in [1.165, 1.54) is 0 Å². The molecule has 1 fully saturated rings. The van der Waals surface area contributed by atoms with Gasteiger partial charge >= 0.3 is 6.03 Å². The minimum absolute atomic E-state index is 0.00925. The number of carbonyl (C=O) groups excluding carboxylic acids is 2. The Bertz CT molecular complexity index is 1110. The van der Waals surface area contributed by atoms with Gasteiger partial charge in [-0.2, -0.15) is 0 Å². The first-order chi connectivity index (χ1) is 17.0. The lowest BCUT2D eigenvalue weighted by Gasteiger charge is -2.35. The van der Waals surface area contributed by atoms with Crippen LogP contribution in [-0.2, 0) is 4.79 Å². The van der Waals surface area contributed by atoms with Crippen LogP contribution in [-0.4, -0.2) is 67.0 Å². The van der Waals surface area contributed by atoms with Crippen LogP contribution in [0.3, 0.4) is 0 Å². The van der Waals surface area contributed by atoms with Crippen LogP contribution in [0, 0.1) is 0 Å². The summed E-state index contributed by atoms with van der Waals surface area (Å²) in [6, 6.07) is 12.3. The minimum Gasteiger partial charge on any atom is -0.497 e. The molecule has 0 spiro atoms. The molecule has 2 aromatic rings. The predicted octanol–water partition coefficient (Wildman–Crippen LogP) is 4.27. The molecule has 9 heteroatoms. The molecule has 0 saturated carbocycles. The van der Waals surface area contributed by atoms with E-state index in [0.29, 0.717) is 47.6 Å². The van der Waals surface area contributed by atoms with Gasteiger partial charge in [0.1, 0.15) is 23.9 Å². The molecule has 35 heavy (non-hydrogen) atoms. The quantitative estimate of drug-likeness (QED) is 0.618. The van der Waals surface area contributed by atoms with Gasteiger partial charge in [-0.1, -0.05) is 37.1 Å². The van der Waals surface area contributed by atoms with Crippen LogP contribution in [0.15, 0.2) is 47.5 Å². The van der Waals surface area contributed by atoms with Crippen molar-refractivity contribution in [1.82, 2.24) is 15.1 Å². The van der Waals surface area contributed by atoms with Crippen LogP contribution in [0.1, 0.15) is 43.9 Å². The number of rotatable bonds is 7. The topological polar surface area (TPSA) is 83.5 Å². The Labute approximate surface area is 210 Å². The molecule has 1 saturated heterocycles. The minimum atomic E-state index is -0.337. The lowest BCUT2D eigenvalue weighted by Crippen LogP contribution is -2.55. The fraction of sp³-hybridized carbons (Fsp3) is 0.423. The van der Waals surface area contributed by atoms with Crippen molar-refractivity contribution in [2.24, 2.45) is 4.99 Å². The van der Waals surface area contributed by atoms with Crippen molar-refractivity contribution in [3.8, 4) is 11.5 Å². The normalized spacial score (nSPS) is 19.9. The summed E-state index contributed by atoms with van der Waals surface area (Å²) in [6.45, 7) is 5.32. The Morgan fingerprint density at radius 1 is 1.20 bits per heavy atom. The van der Waals surface area contributed by atoms with Crippen molar-refractivity contribution in [1.29, 1.82) is 0 Å². The maximum absolute atomic E-state index is 14.0. The summed E-state index contributed by atoms with van der Waals surface area (Å²) in [6.07, 6.45) is 1.70. The number of amidine groups is 1. The van der Waals surface area contributed by atoms with E-state index in [9.17, 15) is 9.59 Å². The van der Waals surface area contributed by atoms with Crippen LogP contribution in [0.2, 0.25) is 5.02 Å². The number of methoxy groups -OCH3 is 1. The molecule has 2 atom stereocenters. The highest BCUT2D eigenvalue weighted by Gasteiger charge is 2.44. The van der Waals surface area contributed by atoms with Gasteiger partial charge in [-0.3, -0.25) is 14.7 Å². The summed E-state index contributed by atoms with van der Waals surface area (Å²) in [7, 11) is 1.60. The SMILES string of the molecule is CCC[C@H]1N=C(c2ccc(OC)cc2OCC)N(C(=O)N2CCNC(=O)C2)[C@H]1c1ccc(Cl)cc1. The van der Waals surface area contributed by atoms with Gasteiger partial charge in [0.2, 0.25) is 5.91 Å². The number of urea groups is 1. The van der Waals surface area contributed by atoms with E-state index in [1.54, 1.807) is 16.9 Å². The van der Waals surface area contributed by atoms with Gasteiger partial charge in [0.05, 0.1) is 31.4 Å². The molecule has 186 valence electrons. The lowest BCUT2D eigenvalue weighted by molar-refractivity contribution is -0.123. The Morgan fingerprint density at radius 3 is 2.63 bits per heavy atom. The van der Waals surface area contributed by atoms with Crippen LogP contribution in [0.5, 0.6) is 11.5 Å². The first kappa shape index (κ1) is 24.9. The molecule has 2 aliphatic rings. The number of halogens is 1. The van der Waals surface area contributed by atoms with Gasteiger partial charge in [-0.05, 0) is 43.2 Å². The second-order valence-electron chi connectivity index (χ2n) is 8.52. The Morgan fingerprint density at radius 2 is 1.97 bits per heavy atom. The Kier molecular flexibility index (Phi) is 7.80. The van der Waals surface area contributed by atoms with Gasteiger partial charge in [0, 0.05) is 24.2 Å². The summed E-state index contributed by atoms with van der Waals surface area (Å²) in [5, 5.41) is 3.41. The van der Waals surface area contributed by atoms with Crippen molar-refractivity contribution in [2.45, 2.75) is 38.8 Å². The van der Waals surface area contributed by atoms with E-state index in [-0.39, 0.29) is 30.6 Å². The maximum Gasteiger partial charge on any atom is 0.326 e. The molecule has 0 bridgehead atoms. The highest BCUT2D eigenvalue weighted by atomic mass is 35.5. The number of piperazine rings is 1. The third-order valence-corrected chi connectivity index (χ3v) is 6.45. The molecule has 2 aliphatic heterocycles. The smallest absolute Gasteiger partial charge is 0.326 e. The molecule has 2 aromatic carbocycles. The number of hydrogen-bond donors (Lipinski definition) is 1. The molecule has 0 aromatic heterocycles. The van der Waals surface area contributed by atoms with E-state index in [4.69, 9.17) is 26.1 Å². The number of nitrogens with one attached hydrogen (secondary N) is 1. The first-order valence-electron chi connectivity index (χ1n) is 12.0.